The maximum Gasteiger partial charge on any atom is 0.410 e. The van der Waals surface area contributed by atoms with Crippen molar-refractivity contribution >= 4 is 40.9 Å². The molecule has 2 aliphatic heterocycles. The number of nitrogens with zero attached hydrogens (tertiary/aromatic N) is 4. The van der Waals surface area contributed by atoms with Gasteiger partial charge in [-0.05, 0) is 107 Å². The van der Waals surface area contributed by atoms with Crippen LogP contribution >= 0.6 is 23.2 Å². The van der Waals surface area contributed by atoms with Crippen LogP contribution in [0.4, 0.5) is 10.5 Å². The van der Waals surface area contributed by atoms with Crippen LogP contribution in [0.15, 0.2) is 47.5 Å². The van der Waals surface area contributed by atoms with E-state index in [4.69, 9.17) is 38.2 Å². The summed E-state index contributed by atoms with van der Waals surface area (Å²) in [4.78, 5) is 21.8. The molecule has 3 atom stereocenters. The predicted octanol–water partition coefficient (Wildman–Crippen LogP) is 7.97. The van der Waals surface area contributed by atoms with Gasteiger partial charge in [0.1, 0.15) is 5.60 Å². The Balaban J connectivity index is 0.000000382. The summed E-state index contributed by atoms with van der Waals surface area (Å²) in [6, 6.07) is 15.5. The lowest BCUT2D eigenvalue weighted by atomic mass is 9.91. The molecule has 2 aliphatic carbocycles. The van der Waals surface area contributed by atoms with Gasteiger partial charge in [0.15, 0.2) is 5.96 Å². The summed E-state index contributed by atoms with van der Waals surface area (Å²) in [5, 5.41) is 13.0. The predicted molar refractivity (Wildman–Crippen MR) is 169 cm³/mol. The molecule has 0 aromatic heterocycles. The zero-order valence-electron chi connectivity index (χ0n) is 24.8. The Morgan fingerprint density at radius 2 is 1.79 bits per heavy atom. The van der Waals surface area contributed by atoms with Crippen molar-refractivity contribution in [2.75, 3.05) is 25.0 Å². The molecule has 9 heteroatoms. The number of likely N-dealkylation sites (tertiary alicyclic amines) is 1. The molecule has 6 rings (SSSR count). The summed E-state index contributed by atoms with van der Waals surface area (Å²) < 4.78 is 5.58. The molecule has 2 aromatic carbocycles. The number of nitrogens with one attached hydrogen (secondary N) is 1. The van der Waals surface area contributed by atoms with E-state index in [1.54, 1.807) is 12.1 Å². The number of fused-ring (bicyclic) bond motifs is 2. The summed E-state index contributed by atoms with van der Waals surface area (Å²) >= 11 is 12.5. The molecule has 4 aliphatic rings. The van der Waals surface area contributed by atoms with E-state index < -0.39 is 5.60 Å². The van der Waals surface area contributed by atoms with Gasteiger partial charge >= 0.3 is 6.09 Å². The first-order valence-corrected chi connectivity index (χ1v) is 15.8. The van der Waals surface area contributed by atoms with Crippen LogP contribution < -0.4 is 5.32 Å². The number of anilines is 1. The van der Waals surface area contributed by atoms with Crippen molar-refractivity contribution in [3.8, 4) is 6.07 Å². The van der Waals surface area contributed by atoms with Gasteiger partial charge in [0.25, 0.3) is 0 Å². The van der Waals surface area contributed by atoms with Crippen LogP contribution in [0.5, 0.6) is 0 Å². The van der Waals surface area contributed by atoms with E-state index in [1.807, 2.05) is 62.1 Å². The Hall–Kier alpha value is -2.95. The molecule has 2 heterocycles. The van der Waals surface area contributed by atoms with Gasteiger partial charge in [-0.2, -0.15) is 5.26 Å². The van der Waals surface area contributed by atoms with E-state index in [0.29, 0.717) is 34.1 Å². The van der Waals surface area contributed by atoms with Crippen molar-refractivity contribution in [1.29, 1.82) is 5.26 Å². The van der Waals surface area contributed by atoms with Gasteiger partial charge < -0.3 is 19.9 Å². The average Bonchev–Trinajstić information content (AvgIpc) is 3.76. The number of nitriles is 1. The maximum absolute atomic E-state index is 12.5. The number of hydrogen-bond donors (Lipinski definition) is 1. The van der Waals surface area contributed by atoms with E-state index in [2.05, 4.69) is 10.2 Å². The van der Waals surface area contributed by atoms with Crippen LogP contribution in [0.3, 0.4) is 0 Å². The van der Waals surface area contributed by atoms with Crippen molar-refractivity contribution in [2.24, 2.45) is 22.7 Å². The summed E-state index contributed by atoms with van der Waals surface area (Å²) in [5.41, 5.74) is 2.34. The summed E-state index contributed by atoms with van der Waals surface area (Å²) in [5.74, 6) is 3.33. The molecule has 0 radical (unpaired) electrons. The number of benzene rings is 2. The SMILES string of the molecule is CC(C)(C)OC(=O)N1CCC(CN(C2=NCc3cc(Cl)c(Cl)cc3N2)C2CCC3CC3C2)CC1.N#Cc1ccccc1. The van der Waals surface area contributed by atoms with Crippen molar-refractivity contribution in [3.63, 3.8) is 0 Å². The molecule has 3 unspecified atom stereocenters. The number of guanidine groups is 1. The van der Waals surface area contributed by atoms with Gasteiger partial charge in [-0.1, -0.05) is 41.4 Å². The Morgan fingerprint density at radius 3 is 2.43 bits per heavy atom. The van der Waals surface area contributed by atoms with Crippen LogP contribution in [0, 0.1) is 29.1 Å². The lowest BCUT2D eigenvalue weighted by molar-refractivity contribution is 0.0171. The van der Waals surface area contributed by atoms with E-state index in [-0.39, 0.29) is 6.09 Å². The largest absolute Gasteiger partial charge is 0.444 e. The van der Waals surface area contributed by atoms with E-state index in [0.717, 1.165) is 61.5 Å². The number of amides is 1. The normalized spacial score (nSPS) is 23.1. The minimum atomic E-state index is -0.458. The van der Waals surface area contributed by atoms with Crippen LogP contribution in [0.1, 0.15) is 70.4 Å². The Bertz CT molecular complexity index is 1330. The highest BCUT2D eigenvalue weighted by atomic mass is 35.5. The van der Waals surface area contributed by atoms with Gasteiger partial charge in [0.2, 0.25) is 0 Å². The van der Waals surface area contributed by atoms with E-state index >= 15 is 0 Å². The minimum absolute atomic E-state index is 0.194. The highest BCUT2D eigenvalue weighted by molar-refractivity contribution is 6.42. The van der Waals surface area contributed by atoms with Crippen molar-refractivity contribution in [3.05, 3.63) is 63.6 Å². The molecule has 42 heavy (non-hydrogen) atoms. The zero-order valence-corrected chi connectivity index (χ0v) is 26.3. The fourth-order valence-corrected chi connectivity index (χ4v) is 6.60. The number of carbonyl (C=O) groups excluding carboxylic acids is 1. The zero-order chi connectivity index (χ0) is 29.9. The van der Waals surface area contributed by atoms with Gasteiger partial charge in [-0.15, -0.1) is 0 Å². The van der Waals surface area contributed by atoms with Gasteiger partial charge in [-0.25, -0.2) is 9.79 Å². The lowest BCUT2D eigenvalue weighted by Crippen LogP contribution is -2.50. The summed E-state index contributed by atoms with van der Waals surface area (Å²) in [7, 11) is 0. The standard InChI is InChI=1S/C26H36Cl2N4O2.C7H5N/c1-26(2,3)34-25(33)31-8-6-16(7-9-31)15-32(20-5-4-17-10-18(17)11-20)24-29-14-19-12-21(27)22(28)13-23(19)30-24;8-6-7-4-2-1-3-5-7/h12-13,16-18,20H,4-11,14-15H2,1-3H3,(H,29,30);1-5H. The number of aliphatic imine (C=N–C) groups is 1. The molecule has 1 saturated heterocycles. The number of hydrogen-bond acceptors (Lipinski definition) is 6. The Labute approximate surface area is 259 Å². The second-order valence-corrected chi connectivity index (χ2v) is 13.8. The smallest absolute Gasteiger partial charge is 0.410 e. The third kappa shape index (κ3) is 7.90. The van der Waals surface area contributed by atoms with Gasteiger partial charge in [0, 0.05) is 31.4 Å². The highest BCUT2D eigenvalue weighted by Crippen LogP contribution is 2.50. The van der Waals surface area contributed by atoms with Gasteiger partial charge in [-0.3, -0.25) is 0 Å². The molecular weight excluding hydrogens is 569 g/mol. The second-order valence-electron chi connectivity index (χ2n) is 13.0. The van der Waals surface area contributed by atoms with Crippen molar-refractivity contribution < 1.29 is 9.53 Å². The molecule has 3 fully saturated rings. The Kier molecular flexibility index (Phi) is 9.54. The first-order valence-electron chi connectivity index (χ1n) is 15.1. The third-order valence-electron chi connectivity index (χ3n) is 8.64. The lowest BCUT2D eigenvalue weighted by Gasteiger charge is -2.41. The molecule has 1 N–H and O–H groups in total. The fraction of sp³-hybridized carbons (Fsp3) is 0.545. The summed E-state index contributed by atoms with van der Waals surface area (Å²) in [6.07, 6.45) is 6.99. The number of halogens is 2. The number of carbonyl (C=O) groups is 1. The summed E-state index contributed by atoms with van der Waals surface area (Å²) in [6.45, 7) is 8.83. The molecule has 0 bridgehead atoms. The molecule has 224 valence electrons. The third-order valence-corrected chi connectivity index (χ3v) is 9.37. The minimum Gasteiger partial charge on any atom is -0.444 e. The molecule has 2 saturated carbocycles. The van der Waals surface area contributed by atoms with Crippen LogP contribution in [-0.2, 0) is 11.3 Å². The molecular formula is C33H41Cl2N5O2. The second kappa shape index (κ2) is 13.1. The molecule has 7 nitrogen and oxygen atoms in total. The average molecular weight is 611 g/mol. The van der Waals surface area contributed by atoms with E-state index in [1.165, 1.54) is 25.7 Å². The van der Waals surface area contributed by atoms with Crippen LogP contribution in [-0.4, -0.2) is 53.1 Å². The number of ether oxygens (including phenoxy) is 1. The quantitative estimate of drug-likeness (QED) is 0.381. The number of rotatable bonds is 3. The van der Waals surface area contributed by atoms with Crippen molar-refractivity contribution in [1.82, 2.24) is 9.80 Å². The first-order chi connectivity index (χ1) is 20.1. The van der Waals surface area contributed by atoms with Crippen LogP contribution in [0.2, 0.25) is 10.0 Å². The monoisotopic (exact) mass is 609 g/mol. The highest BCUT2D eigenvalue weighted by Gasteiger charge is 2.44. The van der Waals surface area contributed by atoms with Crippen molar-refractivity contribution in [2.45, 2.75) is 77.5 Å². The van der Waals surface area contributed by atoms with Gasteiger partial charge in [0.05, 0.1) is 28.2 Å². The fourth-order valence-electron chi connectivity index (χ4n) is 6.25. The van der Waals surface area contributed by atoms with E-state index in [9.17, 15) is 4.79 Å². The number of piperidine rings is 1. The molecule has 0 spiro atoms. The Morgan fingerprint density at radius 1 is 1.07 bits per heavy atom. The topological polar surface area (TPSA) is 81.0 Å². The van der Waals surface area contributed by atoms with Crippen LogP contribution in [0.25, 0.3) is 0 Å². The molecule has 1 amide bonds. The molecule has 2 aromatic rings. The first kappa shape index (κ1) is 30.5. The maximum atomic E-state index is 12.5.